The lowest BCUT2D eigenvalue weighted by molar-refractivity contribution is 0.0998. The number of rotatable bonds is 5. The first-order valence-corrected chi connectivity index (χ1v) is 8.76. The minimum absolute atomic E-state index is 0.351. The van der Waals surface area contributed by atoms with Crippen molar-refractivity contribution in [3.05, 3.63) is 15.1 Å². The summed E-state index contributed by atoms with van der Waals surface area (Å²) in [4.78, 5) is 9.66. The number of ether oxygens (including phenoxy) is 1. The zero-order chi connectivity index (χ0) is 14.1. The van der Waals surface area contributed by atoms with E-state index in [9.17, 15) is 0 Å². The molecule has 3 unspecified atom stereocenters. The molecule has 3 heterocycles. The Labute approximate surface area is 134 Å². The van der Waals surface area contributed by atoms with Crippen molar-refractivity contribution in [3.63, 3.8) is 0 Å². The van der Waals surface area contributed by atoms with Gasteiger partial charge >= 0.3 is 0 Å². The molecule has 0 saturated carbocycles. The Hall–Kier alpha value is -0.430. The van der Waals surface area contributed by atoms with Crippen LogP contribution < -0.4 is 5.32 Å². The van der Waals surface area contributed by atoms with Gasteiger partial charge in [-0.1, -0.05) is 13.3 Å². The molecule has 2 aliphatic rings. The summed E-state index contributed by atoms with van der Waals surface area (Å²) in [5.74, 6) is 2.40. The molecule has 0 aromatic carbocycles. The summed E-state index contributed by atoms with van der Waals surface area (Å²) in [6, 6.07) is 0. The van der Waals surface area contributed by atoms with Crippen molar-refractivity contribution >= 4 is 28.4 Å². The molecule has 5 heteroatoms. The normalized spacial score (nSPS) is 28.1. The van der Waals surface area contributed by atoms with Crippen LogP contribution in [0.2, 0.25) is 0 Å². The Kier molecular flexibility index (Phi) is 4.45. The van der Waals surface area contributed by atoms with Crippen LogP contribution in [0.4, 0.5) is 5.82 Å². The fourth-order valence-electron chi connectivity index (χ4n) is 3.28. The van der Waals surface area contributed by atoms with E-state index in [1.807, 2.05) is 0 Å². The number of aromatic nitrogens is 2. The number of halogens is 1. The van der Waals surface area contributed by atoms with E-state index in [2.05, 4.69) is 41.8 Å². The van der Waals surface area contributed by atoms with Gasteiger partial charge in [0.15, 0.2) is 0 Å². The highest BCUT2D eigenvalue weighted by Crippen LogP contribution is 2.43. The molecule has 3 atom stereocenters. The number of aryl methyl sites for hydroxylation is 1. The zero-order valence-corrected chi connectivity index (χ0v) is 14.3. The van der Waals surface area contributed by atoms with Gasteiger partial charge in [0.2, 0.25) is 0 Å². The fraction of sp³-hybridized carbons (Fsp3) is 0.733. The van der Waals surface area contributed by atoms with Crippen LogP contribution in [0.25, 0.3) is 0 Å². The van der Waals surface area contributed by atoms with E-state index in [1.54, 1.807) is 0 Å². The van der Waals surface area contributed by atoms with E-state index < -0.39 is 0 Å². The SMILES string of the molecule is CCCc1nc(C2CC3CCC2O3)nc(NCC)c1I. The molecule has 1 aromatic rings. The molecular weight excluding hydrogens is 365 g/mol. The number of hydrogen-bond donors (Lipinski definition) is 1. The number of fused-ring (bicyclic) bond motifs is 2. The number of nitrogens with zero attached hydrogens (tertiary/aromatic N) is 2. The average molecular weight is 387 g/mol. The summed E-state index contributed by atoms with van der Waals surface area (Å²) < 4.78 is 7.15. The Bertz CT molecular complexity index is 467. The standard InChI is InChI=1S/C15H22IN3O/c1-3-5-11-13(16)15(17-4-2)19-14(18-11)10-8-9-6-7-12(10)20-9/h9-10,12H,3-8H2,1-2H3,(H,17,18,19). The number of nitrogens with one attached hydrogen (secondary N) is 1. The first kappa shape index (κ1) is 14.5. The van der Waals surface area contributed by atoms with E-state index >= 15 is 0 Å². The maximum absolute atomic E-state index is 5.97. The molecule has 110 valence electrons. The van der Waals surface area contributed by atoms with Gasteiger partial charge in [0.25, 0.3) is 0 Å². The second kappa shape index (κ2) is 6.13. The van der Waals surface area contributed by atoms with E-state index in [4.69, 9.17) is 14.7 Å². The van der Waals surface area contributed by atoms with Crippen LogP contribution in [0.15, 0.2) is 0 Å². The number of hydrogen-bond acceptors (Lipinski definition) is 4. The van der Waals surface area contributed by atoms with Crippen molar-refractivity contribution in [3.8, 4) is 0 Å². The summed E-state index contributed by atoms with van der Waals surface area (Å²) in [5, 5.41) is 3.38. The topological polar surface area (TPSA) is 47.0 Å². The Balaban J connectivity index is 1.93. The average Bonchev–Trinajstić information content (AvgIpc) is 3.06. The highest BCUT2D eigenvalue weighted by molar-refractivity contribution is 14.1. The molecule has 0 aliphatic carbocycles. The summed E-state index contributed by atoms with van der Waals surface area (Å²) in [5.41, 5.74) is 1.19. The van der Waals surface area contributed by atoms with E-state index in [0.717, 1.165) is 37.4 Å². The maximum Gasteiger partial charge on any atom is 0.143 e. The highest BCUT2D eigenvalue weighted by atomic mass is 127. The molecule has 2 aliphatic heterocycles. The lowest BCUT2D eigenvalue weighted by atomic mass is 9.88. The molecule has 1 aromatic heterocycles. The smallest absolute Gasteiger partial charge is 0.143 e. The van der Waals surface area contributed by atoms with Crippen LogP contribution >= 0.6 is 22.6 Å². The predicted molar refractivity (Wildman–Crippen MR) is 88.2 cm³/mol. The first-order valence-electron chi connectivity index (χ1n) is 7.68. The van der Waals surface area contributed by atoms with Crippen LogP contribution in [0.1, 0.15) is 57.0 Å². The minimum atomic E-state index is 0.351. The quantitative estimate of drug-likeness (QED) is 0.786. The van der Waals surface area contributed by atoms with Gasteiger partial charge in [0.1, 0.15) is 11.6 Å². The molecule has 2 saturated heterocycles. The Morgan fingerprint density at radius 1 is 1.30 bits per heavy atom. The van der Waals surface area contributed by atoms with Crippen LogP contribution in [0.3, 0.4) is 0 Å². The van der Waals surface area contributed by atoms with Crippen molar-refractivity contribution in [2.45, 2.75) is 64.1 Å². The Morgan fingerprint density at radius 3 is 2.75 bits per heavy atom. The molecule has 0 amide bonds. The zero-order valence-electron chi connectivity index (χ0n) is 12.2. The molecule has 20 heavy (non-hydrogen) atoms. The third-order valence-electron chi connectivity index (χ3n) is 4.21. The highest BCUT2D eigenvalue weighted by Gasteiger charge is 2.43. The van der Waals surface area contributed by atoms with Crippen molar-refractivity contribution < 1.29 is 4.74 Å². The summed E-state index contributed by atoms with van der Waals surface area (Å²) in [7, 11) is 0. The van der Waals surface area contributed by atoms with Crippen LogP contribution in [0, 0.1) is 3.57 Å². The monoisotopic (exact) mass is 387 g/mol. The van der Waals surface area contributed by atoms with Gasteiger partial charge in [0, 0.05) is 12.5 Å². The van der Waals surface area contributed by atoms with E-state index in [0.29, 0.717) is 18.1 Å². The van der Waals surface area contributed by atoms with Gasteiger partial charge < -0.3 is 10.1 Å². The van der Waals surface area contributed by atoms with E-state index in [-0.39, 0.29) is 0 Å². The second-order valence-corrected chi connectivity index (χ2v) is 6.77. The molecule has 2 fully saturated rings. The van der Waals surface area contributed by atoms with Crippen molar-refractivity contribution in [2.24, 2.45) is 0 Å². The summed E-state index contributed by atoms with van der Waals surface area (Å²) in [6.07, 6.45) is 6.42. The maximum atomic E-state index is 5.97. The van der Waals surface area contributed by atoms with Gasteiger partial charge in [-0.3, -0.25) is 0 Å². The summed E-state index contributed by atoms with van der Waals surface area (Å²) >= 11 is 2.37. The lowest BCUT2D eigenvalue weighted by Gasteiger charge is -2.20. The van der Waals surface area contributed by atoms with Crippen molar-refractivity contribution in [1.29, 1.82) is 0 Å². The van der Waals surface area contributed by atoms with Crippen LogP contribution in [0.5, 0.6) is 0 Å². The second-order valence-electron chi connectivity index (χ2n) is 5.69. The number of anilines is 1. The lowest BCUT2D eigenvalue weighted by Crippen LogP contribution is -2.19. The van der Waals surface area contributed by atoms with Gasteiger partial charge in [-0.15, -0.1) is 0 Å². The third kappa shape index (κ3) is 2.66. The third-order valence-corrected chi connectivity index (χ3v) is 5.34. The Morgan fingerprint density at radius 2 is 2.15 bits per heavy atom. The summed E-state index contributed by atoms with van der Waals surface area (Å²) in [6.45, 7) is 5.20. The molecular formula is C15H22IN3O. The van der Waals surface area contributed by atoms with E-state index in [1.165, 1.54) is 22.1 Å². The van der Waals surface area contributed by atoms with Gasteiger partial charge in [-0.2, -0.15) is 0 Å². The molecule has 0 radical (unpaired) electrons. The molecule has 3 rings (SSSR count). The predicted octanol–water partition coefficient (Wildman–Crippen LogP) is 3.50. The van der Waals surface area contributed by atoms with Gasteiger partial charge in [0.05, 0.1) is 21.5 Å². The van der Waals surface area contributed by atoms with Gasteiger partial charge in [-0.25, -0.2) is 9.97 Å². The molecule has 4 nitrogen and oxygen atoms in total. The van der Waals surface area contributed by atoms with Crippen LogP contribution in [-0.4, -0.2) is 28.7 Å². The van der Waals surface area contributed by atoms with Crippen molar-refractivity contribution in [2.75, 3.05) is 11.9 Å². The largest absolute Gasteiger partial charge is 0.374 e. The first-order chi connectivity index (χ1) is 9.72. The van der Waals surface area contributed by atoms with Crippen LogP contribution in [-0.2, 0) is 11.2 Å². The van der Waals surface area contributed by atoms with Crippen molar-refractivity contribution in [1.82, 2.24) is 9.97 Å². The minimum Gasteiger partial charge on any atom is -0.374 e. The van der Waals surface area contributed by atoms with Gasteiger partial charge in [-0.05, 0) is 55.2 Å². The molecule has 0 spiro atoms. The molecule has 2 bridgehead atoms. The fourth-order valence-corrected chi connectivity index (χ4v) is 3.98. The molecule has 1 N–H and O–H groups in total.